The second kappa shape index (κ2) is 10.5. The third-order valence-electron chi connectivity index (χ3n) is 4.90. The highest BCUT2D eigenvalue weighted by atomic mass is 19.4. The minimum absolute atomic E-state index is 0.114. The van der Waals surface area contributed by atoms with E-state index in [2.05, 4.69) is 16.0 Å². The number of carbonyl (C=O) groups excluding carboxylic acids is 2. The normalized spacial score (nSPS) is 15.6. The quantitative estimate of drug-likeness (QED) is 0.602. The van der Waals surface area contributed by atoms with E-state index in [0.717, 1.165) is 25.2 Å². The van der Waals surface area contributed by atoms with E-state index >= 15 is 0 Å². The highest BCUT2D eigenvalue weighted by molar-refractivity contribution is 5.96. The van der Waals surface area contributed by atoms with Crippen molar-refractivity contribution in [3.63, 3.8) is 0 Å². The minimum Gasteiger partial charge on any atom is -0.379 e. The first kappa shape index (κ1) is 23.6. The Morgan fingerprint density at radius 3 is 2.06 bits per heavy atom. The van der Waals surface area contributed by atoms with Crippen molar-refractivity contribution in [2.24, 2.45) is 0 Å². The van der Waals surface area contributed by atoms with Crippen molar-refractivity contribution in [2.75, 3.05) is 48.8 Å². The first-order valence-corrected chi connectivity index (χ1v) is 10.2. The molecule has 0 bridgehead atoms. The van der Waals surface area contributed by atoms with Gasteiger partial charge in [-0.25, -0.2) is 0 Å². The topological polar surface area (TPSA) is 82.7 Å². The summed E-state index contributed by atoms with van der Waals surface area (Å²) in [5.74, 6) is -0.510. The van der Waals surface area contributed by atoms with Crippen LogP contribution in [0.5, 0.6) is 0 Å². The van der Waals surface area contributed by atoms with Gasteiger partial charge in [-0.15, -0.1) is 0 Å². The van der Waals surface area contributed by atoms with E-state index < -0.39 is 23.7 Å². The van der Waals surface area contributed by atoms with Gasteiger partial charge in [-0.2, -0.15) is 13.2 Å². The maximum absolute atomic E-state index is 12.6. The van der Waals surface area contributed by atoms with E-state index in [1.54, 1.807) is 31.2 Å². The van der Waals surface area contributed by atoms with E-state index in [9.17, 15) is 22.8 Å². The van der Waals surface area contributed by atoms with Gasteiger partial charge in [0.25, 0.3) is 0 Å². The first-order chi connectivity index (χ1) is 15.2. The molecular formula is C22H25F3N4O3. The van der Waals surface area contributed by atoms with Crippen LogP contribution in [0, 0.1) is 0 Å². The van der Waals surface area contributed by atoms with Crippen LogP contribution in [0.3, 0.4) is 0 Å². The molecule has 0 radical (unpaired) electrons. The molecule has 1 unspecified atom stereocenters. The van der Waals surface area contributed by atoms with E-state index in [4.69, 9.17) is 4.74 Å². The summed E-state index contributed by atoms with van der Waals surface area (Å²) < 4.78 is 43.1. The summed E-state index contributed by atoms with van der Waals surface area (Å²) in [6, 6.07) is 10.5. The summed E-state index contributed by atoms with van der Waals surface area (Å²) >= 11 is 0. The van der Waals surface area contributed by atoms with Gasteiger partial charge in [-0.3, -0.25) is 14.5 Å². The van der Waals surface area contributed by atoms with E-state index in [1.165, 1.54) is 12.1 Å². The molecule has 2 aromatic carbocycles. The van der Waals surface area contributed by atoms with Gasteiger partial charge < -0.3 is 20.7 Å². The second-order valence-corrected chi connectivity index (χ2v) is 7.44. The largest absolute Gasteiger partial charge is 0.416 e. The molecule has 172 valence electrons. The predicted octanol–water partition coefficient (Wildman–Crippen LogP) is 3.42. The smallest absolute Gasteiger partial charge is 0.379 e. The predicted molar refractivity (Wildman–Crippen MR) is 115 cm³/mol. The Morgan fingerprint density at radius 2 is 1.47 bits per heavy atom. The summed E-state index contributed by atoms with van der Waals surface area (Å²) in [7, 11) is 0. The lowest BCUT2D eigenvalue weighted by Crippen LogP contribution is -2.41. The van der Waals surface area contributed by atoms with Crippen LogP contribution in [0.1, 0.15) is 12.5 Å². The summed E-state index contributed by atoms with van der Waals surface area (Å²) in [4.78, 5) is 26.5. The number of rotatable bonds is 7. The van der Waals surface area contributed by atoms with Crippen molar-refractivity contribution < 1.29 is 27.5 Å². The zero-order valence-electron chi connectivity index (χ0n) is 17.5. The van der Waals surface area contributed by atoms with Crippen LogP contribution in [0.25, 0.3) is 0 Å². The summed E-state index contributed by atoms with van der Waals surface area (Å²) in [5.41, 5.74) is 0.788. The Kier molecular flexibility index (Phi) is 7.70. The number of anilines is 3. The van der Waals surface area contributed by atoms with E-state index in [-0.39, 0.29) is 11.6 Å². The minimum atomic E-state index is -4.43. The Balaban J connectivity index is 1.47. The third-order valence-corrected chi connectivity index (χ3v) is 4.90. The second-order valence-electron chi connectivity index (χ2n) is 7.44. The zero-order valence-corrected chi connectivity index (χ0v) is 17.5. The maximum Gasteiger partial charge on any atom is 0.416 e. The van der Waals surface area contributed by atoms with E-state index in [1.807, 2.05) is 4.90 Å². The molecule has 3 N–H and O–H groups in total. The molecule has 1 heterocycles. The Hall–Kier alpha value is -3.11. The fraction of sp³-hybridized carbons (Fsp3) is 0.364. The molecule has 7 nitrogen and oxygen atoms in total. The van der Waals surface area contributed by atoms with Crippen molar-refractivity contribution in [1.29, 1.82) is 0 Å². The summed E-state index contributed by atoms with van der Waals surface area (Å²) in [6.07, 6.45) is -4.43. The van der Waals surface area contributed by atoms with Gasteiger partial charge in [-0.05, 0) is 55.5 Å². The molecule has 0 aromatic heterocycles. The summed E-state index contributed by atoms with van der Waals surface area (Å²) in [6.45, 7) is 4.63. The molecule has 0 saturated carbocycles. The average Bonchev–Trinajstić information content (AvgIpc) is 2.75. The molecular weight excluding hydrogens is 425 g/mol. The molecule has 1 saturated heterocycles. The Labute approximate surface area is 183 Å². The highest BCUT2D eigenvalue weighted by Crippen LogP contribution is 2.29. The number of nitrogens with zero attached hydrogens (tertiary/aromatic N) is 1. The lowest BCUT2D eigenvalue weighted by atomic mass is 10.2. The number of morpholine rings is 1. The number of ether oxygens (including phenoxy) is 1. The van der Waals surface area contributed by atoms with E-state index in [0.29, 0.717) is 31.1 Å². The van der Waals surface area contributed by atoms with Crippen LogP contribution >= 0.6 is 0 Å². The SMILES string of the molecule is CC(Nc1ccc(NC(=O)CN2CCOCC2)cc1)C(=O)Nc1ccc(C(F)(F)F)cc1. The number of hydrogen-bond acceptors (Lipinski definition) is 5. The standard InChI is InChI=1S/C22H25F3N4O3/c1-15(21(31)28-19-4-2-16(3-5-19)22(23,24)25)26-17-6-8-18(9-7-17)27-20(30)14-29-10-12-32-13-11-29/h2-9,15,26H,10-14H2,1H3,(H,27,30)(H,28,31). The summed E-state index contributed by atoms with van der Waals surface area (Å²) in [5, 5.41) is 8.43. The number of hydrogen-bond donors (Lipinski definition) is 3. The number of alkyl halides is 3. The van der Waals surface area contributed by atoms with Crippen molar-refractivity contribution in [3.8, 4) is 0 Å². The van der Waals surface area contributed by atoms with Crippen LogP contribution < -0.4 is 16.0 Å². The number of halogens is 3. The van der Waals surface area contributed by atoms with Crippen molar-refractivity contribution in [2.45, 2.75) is 19.1 Å². The Bertz CT molecular complexity index is 912. The van der Waals surface area contributed by atoms with Gasteiger partial charge >= 0.3 is 6.18 Å². The van der Waals surface area contributed by atoms with Gasteiger partial charge in [-0.1, -0.05) is 0 Å². The number of nitrogens with one attached hydrogen (secondary N) is 3. The monoisotopic (exact) mass is 450 g/mol. The molecule has 10 heteroatoms. The lowest BCUT2D eigenvalue weighted by Gasteiger charge is -2.25. The molecule has 3 rings (SSSR count). The Morgan fingerprint density at radius 1 is 0.938 bits per heavy atom. The third kappa shape index (κ3) is 6.96. The zero-order chi connectivity index (χ0) is 23.1. The van der Waals surface area contributed by atoms with Crippen LogP contribution in [0.15, 0.2) is 48.5 Å². The molecule has 0 aliphatic carbocycles. The first-order valence-electron chi connectivity index (χ1n) is 10.2. The fourth-order valence-electron chi connectivity index (χ4n) is 3.12. The number of carbonyl (C=O) groups is 2. The van der Waals surface area contributed by atoms with Gasteiger partial charge in [0, 0.05) is 30.2 Å². The van der Waals surface area contributed by atoms with Crippen molar-refractivity contribution >= 4 is 28.9 Å². The highest BCUT2D eigenvalue weighted by Gasteiger charge is 2.30. The molecule has 1 aliphatic rings. The van der Waals surface area contributed by atoms with Crippen molar-refractivity contribution in [1.82, 2.24) is 4.90 Å². The maximum atomic E-state index is 12.6. The lowest BCUT2D eigenvalue weighted by molar-refractivity contribution is -0.137. The van der Waals surface area contributed by atoms with Gasteiger partial charge in [0.05, 0.1) is 25.3 Å². The van der Waals surface area contributed by atoms with Crippen LogP contribution in [-0.4, -0.2) is 55.6 Å². The van der Waals surface area contributed by atoms with Gasteiger partial charge in [0.1, 0.15) is 6.04 Å². The molecule has 32 heavy (non-hydrogen) atoms. The van der Waals surface area contributed by atoms with Gasteiger partial charge in [0.2, 0.25) is 11.8 Å². The molecule has 1 fully saturated rings. The van der Waals surface area contributed by atoms with Crippen LogP contribution in [-0.2, 0) is 20.5 Å². The fourth-order valence-corrected chi connectivity index (χ4v) is 3.12. The number of amides is 2. The molecule has 1 aliphatic heterocycles. The van der Waals surface area contributed by atoms with Gasteiger partial charge in [0.15, 0.2) is 0 Å². The molecule has 2 amide bonds. The van der Waals surface area contributed by atoms with Crippen LogP contribution in [0.2, 0.25) is 0 Å². The molecule has 2 aromatic rings. The number of benzene rings is 2. The van der Waals surface area contributed by atoms with Crippen molar-refractivity contribution in [3.05, 3.63) is 54.1 Å². The molecule has 0 spiro atoms. The molecule has 1 atom stereocenters. The van der Waals surface area contributed by atoms with Crippen LogP contribution in [0.4, 0.5) is 30.2 Å². The average molecular weight is 450 g/mol.